The molecule has 0 spiro atoms. The molecule has 1 N–H and O–H groups in total. The van der Waals surface area contributed by atoms with Gasteiger partial charge in [-0.05, 0) is 44.5 Å². The van der Waals surface area contributed by atoms with E-state index in [-0.39, 0.29) is 12.5 Å². The second kappa shape index (κ2) is 8.57. The highest BCUT2D eigenvalue weighted by molar-refractivity contribution is 5.93. The van der Waals surface area contributed by atoms with E-state index in [4.69, 9.17) is 4.74 Å². The van der Waals surface area contributed by atoms with Crippen LogP contribution in [0.5, 0.6) is 0 Å². The summed E-state index contributed by atoms with van der Waals surface area (Å²) in [6.07, 6.45) is 0. The van der Waals surface area contributed by atoms with Crippen molar-refractivity contribution in [2.24, 2.45) is 0 Å². The fourth-order valence-electron chi connectivity index (χ4n) is 3.11. The molecular formula is C23H24N2O3. The van der Waals surface area contributed by atoms with Crippen LogP contribution in [0.1, 0.15) is 32.9 Å². The summed E-state index contributed by atoms with van der Waals surface area (Å²) in [6, 6.07) is 19.5. The van der Waals surface area contributed by atoms with Crippen molar-refractivity contribution in [3.8, 4) is 5.69 Å². The third kappa shape index (κ3) is 4.49. The van der Waals surface area contributed by atoms with Crippen LogP contribution in [-0.2, 0) is 16.1 Å². The Bertz CT molecular complexity index is 973. The van der Waals surface area contributed by atoms with Crippen molar-refractivity contribution in [3.05, 3.63) is 88.7 Å². The van der Waals surface area contributed by atoms with Crippen molar-refractivity contribution >= 4 is 11.9 Å². The van der Waals surface area contributed by atoms with Gasteiger partial charge in [0.1, 0.15) is 0 Å². The Balaban J connectivity index is 1.59. The average Bonchev–Trinajstić information content (AvgIpc) is 3.00. The van der Waals surface area contributed by atoms with Crippen LogP contribution in [0.25, 0.3) is 5.69 Å². The molecule has 0 saturated carbocycles. The van der Waals surface area contributed by atoms with Crippen LogP contribution in [0.4, 0.5) is 0 Å². The highest BCUT2D eigenvalue weighted by Crippen LogP contribution is 2.21. The molecular weight excluding hydrogens is 352 g/mol. The first-order valence-corrected chi connectivity index (χ1v) is 9.19. The first-order chi connectivity index (χ1) is 13.5. The molecule has 28 heavy (non-hydrogen) atoms. The lowest BCUT2D eigenvalue weighted by Crippen LogP contribution is -2.28. The van der Waals surface area contributed by atoms with Crippen LogP contribution in [0, 0.1) is 20.8 Å². The van der Waals surface area contributed by atoms with Crippen LogP contribution >= 0.6 is 0 Å². The molecule has 2 aromatic carbocycles. The van der Waals surface area contributed by atoms with E-state index in [0.29, 0.717) is 12.1 Å². The number of carbonyl (C=O) groups is 2. The molecule has 1 heterocycles. The van der Waals surface area contributed by atoms with Crippen molar-refractivity contribution in [1.82, 2.24) is 9.88 Å². The summed E-state index contributed by atoms with van der Waals surface area (Å²) in [6.45, 7) is 5.91. The summed E-state index contributed by atoms with van der Waals surface area (Å²) in [5.74, 6) is -0.827. The van der Waals surface area contributed by atoms with Gasteiger partial charge in [-0.1, -0.05) is 48.0 Å². The molecule has 0 unspecified atom stereocenters. The maximum Gasteiger partial charge on any atom is 0.340 e. The molecule has 0 aliphatic carbocycles. The summed E-state index contributed by atoms with van der Waals surface area (Å²) in [5, 5.41) is 2.76. The number of aromatic nitrogens is 1. The Labute approximate surface area is 165 Å². The lowest BCUT2D eigenvalue weighted by Gasteiger charge is -2.10. The first-order valence-electron chi connectivity index (χ1n) is 9.19. The lowest BCUT2D eigenvalue weighted by molar-refractivity contribution is -0.124. The molecule has 1 amide bonds. The number of aryl methyl sites for hydroxylation is 2. The minimum atomic E-state index is -0.499. The number of rotatable bonds is 6. The number of nitrogens with one attached hydrogen (secondary N) is 1. The molecule has 3 aromatic rings. The van der Waals surface area contributed by atoms with E-state index < -0.39 is 5.97 Å². The molecule has 0 bridgehead atoms. The van der Waals surface area contributed by atoms with Crippen LogP contribution in [0.3, 0.4) is 0 Å². The number of amides is 1. The zero-order chi connectivity index (χ0) is 20.1. The van der Waals surface area contributed by atoms with E-state index in [1.165, 1.54) is 0 Å². The van der Waals surface area contributed by atoms with Gasteiger partial charge in [0.05, 0.1) is 5.56 Å². The van der Waals surface area contributed by atoms with Crippen molar-refractivity contribution in [3.63, 3.8) is 0 Å². The van der Waals surface area contributed by atoms with Crippen molar-refractivity contribution in [2.45, 2.75) is 27.3 Å². The number of carbonyl (C=O) groups excluding carboxylic acids is 2. The Morgan fingerprint density at radius 2 is 1.64 bits per heavy atom. The zero-order valence-corrected chi connectivity index (χ0v) is 16.4. The second-order valence-electron chi connectivity index (χ2n) is 6.79. The molecule has 1 aromatic heterocycles. The monoisotopic (exact) mass is 376 g/mol. The number of nitrogens with zero attached hydrogens (tertiary/aromatic N) is 1. The highest BCUT2D eigenvalue weighted by Gasteiger charge is 2.18. The van der Waals surface area contributed by atoms with Gasteiger partial charge in [-0.15, -0.1) is 0 Å². The van der Waals surface area contributed by atoms with Gasteiger partial charge in [-0.3, -0.25) is 4.79 Å². The molecule has 144 valence electrons. The van der Waals surface area contributed by atoms with Crippen LogP contribution in [0.15, 0.2) is 60.7 Å². The molecule has 0 radical (unpaired) electrons. The van der Waals surface area contributed by atoms with Crippen LogP contribution in [-0.4, -0.2) is 23.1 Å². The number of hydrogen-bond donors (Lipinski definition) is 1. The normalized spacial score (nSPS) is 10.5. The Morgan fingerprint density at radius 3 is 2.32 bits per heavy atom. The van der Waals surface area contributed by atoms with Crippen LogP contribution in [0.2, 0.25) is 0 Å². The van der Waals surface area contributed by atoms with Crippen molar-refractivity contribution in [1.29, 1.82) is 0 Å². The van der Waals surface area contributed by atoms with Gasteiger partial charge in [-0.25, -0.2) is 4.79 Å². The van der Waals surface area contributed by atoms with E-state index in [2.05, 4.69) is 5.32 Å². The van der Waals surface area contributed by atoms with E-state index in [1.807, 2.05) is 79.9 Å². The third-order valence-electron chi connectivity index (χ3n) is 4.61. The van der Waals surface area contributed by atoms with Gasteiger partial charge in [0, 0.05) is 23.6 Å². The standard InChI is InChI=1S/C23H24N2O3/c1-16-9-11-19(12-10-16)14-24-22(26)15-28-23(27)21-13-17(2)25(18(21)3)20-7-5-4-6-8-20/h4-13H,14-15H2,1-3H3,(H,24,26). The van der Waals surface area contributed by atoms with E-state index in [9.17, 15) is 9.59 Å². The largest absolute Gasteiger partial charge is 0.452 e. The number of ether oxygens (including phenoxy) is 1. The van der Waals surface area contributed by atoms with Gasteiger partial charge in [0.25, 0.3) is 5.91 Å². The van der Waals surface area contributed by atoms with Gasteiger partial charge < -0.3 is 14.6 Å². The van der Waals surface area contributed by atoms with Crippen molar-refractivity contribution < 1.29 is 14.3 Å². The maximum absolute atomic E-state index is 12.5. The quantitative estimate of drug-likeness (QED) is 0.664. The Hall–Kier alpha value is -3.34. The third-order valence-corrected chi connectivity index (χ3v) is 4.61. The number of hydrogen-bond acceptors (Lipinski definition) is 3. The van der Waals surface area contributed by atoms with Gasteiger partial charge >= 0.3 is 5.97 Å². The molecule has 5 heteroatoms. The first kappa shape index (κ1) is 19.4. The minimum Gasteiger partial charge on any atom is -0.452 e. The van der Waals surface area contributed by atoms with E-state index >= 15 is 0 Å². The van der Waals surface area contributed by atoms with Gasteiger partial charge in [-0.2, -0.15) is 0 Å². The molecule has 0 aliphatic heterocycles. The Kier molecular flexibility index (Phi) is 5.94. The van der Waals surface area contributed by atoms with Crippen LogP contribution < -0.4 is 5.32 Å². The SMILES string of the molecule is Cc1ccc(CNC(=O)COC(=O)c2cc(C)n(-c3ccccc3)c2C)cc1. The van der Waals surface area contributed by atoms with Gasteiger partial charge in [0.2, 0.25) is 0 Å². The number of para-hydroxylation sites is 1. The summed E-state index contributed by atoms with van der Waals surface area (Å²) in [7, 11) is 0. The lowest BCUT2D eigenvalue weighted by atomic mass is 10.1. The van der Waals surface area contributed by atoms with E-state index in [0.717, 1.165) is 28.2 Å². The number of benzene rings is 2. The molecule has 0 fully saturated rings. The predicted octanol–water partition coefficient (Wildman–Crippen LogP) is 3.88. The summed E-state index contributed by atoms with van der Waals surface area (Å²) in [5.41, 5.74) is 5.32. The zero-order valence-electron chi connectivity index (χ0n) is 16.4. The maximum atomic E-state index is 12.5. The fraction of sp³-hybridized carbons (Fsp3) is 0.217. The average molecular weight is 376 g/mol. The summed E-state index contributed by atoms with van der Waals surface area (Å²) < 4.78 is 7.21. The predicted molar refractivity (Wildman–Crippen MR) is 109 cm³/mol. The fourth-order valence-corrected chi connectivity index (χ4v) is 3.11. The molecule has 3 rings (SSSR count). The molecule has 0 atom stereocenters. The molecule has 0 saturated heterocycles. The number of esters is 1. The highest BCUT2D eigenvalue weighted by atomic mass is 16.5. The summed E-state index contributed by atoms with van der Waals surface area (Å²) in [4.78, 5) is 24.5. The second-order valence-corrected chi connectivity index (χ2v) is 6.79. The topological polar surface area (TPSA) is 60.3 Å². The van der Waals surface area contributed by atoms with E-state index in [1.54, 1.807) is 6.07 Å². The van der Waals surface area contributed by atoms with Gasteiger partial charge in [0.15, 0.2) is 6.61 Å². The smallest absolute Gasteiger partial charge is 0.340 e. The van der Waals surface area contributed by atoms with Crippen molar-refractivity contribution in [2.75, 3.05) is 6.61 Å². The Morgan fingerprint density at radius 1 is 0.964 bits per heavy atom. The minimum absolute atomic E-state index is 0.306. The molecule has 0 aliphatic rings. The summed E-state index contributed by atoms with van der Waals surface area (Å²) >= 11 is 0. The molecule has 5 nitrogen and oxygen atoms in total.